The zero-order chi connectivity index (χ0) is 20.9. The molecule has 5 heteroatoms. The van der Waals surface area contributed by atoms with Crippen LogP contribution in [0.15, 0.2) is 30.3 Å². The molecule has 0 saturated heterocycles. The third-order valence-electron chi connectivity index (χ3n) is 5.72. The Balaban J connectivity index is 2.10. The lowest BCUT2D eigenvalue weighted by molar-refractivity contribution is -0.136. The standard InChI is InChI=1S/C24H25NO2S2/c1-13-6-8-17(9-7-13)22-16(4)23-19-10-14(2)29-20(19)12-25(28-5)24(23)15(3)18(22)11-21(26)27/h6-10H,11-12H2,1-5H3,(H,26,27). The van der Waals surface area contributed by atoms with Crippen LogP contribution < -0.4 is 4.31 Å². The topological polar surface area (TPSA) is 40.5 Å². The largest absolute Gasteiger partial charge is 0.481 e. The Morgan fingerprint density at radius 2 is 1.79 bits per heavy atom. The van der Waals surface area contributed by atoms with E-state index in [1.165, 1.54) is 37.7 Å². The van der Waals surface area contributed by atoms with E-state index in [1.807, 2.05) is 11.3 Å². The predicted molar refractivity (Wildman–Crippen MR) is 125 cm³/mol. The molecule has 0 fully saturated rings. The first-order valence-electron chi connectivity index (χ1n) is 9.68. The monoisotopic (exact) mass is 423 g/mol. The first-order valence-corrected chi connectivity index (χ1v) is 11.7. The highest BCUT2D eigenvalue weighted by atomic mass is 32.2. The van der Waals surface area contributed by atoms with E-state index in [-0.39, 0.29) is 6.42 Å². The molecule has 150 valence electrons. The summed E-state index contributed by atoms with van der Waals surface area (Å²) in [5.41, 5.74) is 10.3. The van der Waals surface area contributed by atoms with Crippen LogP contribution in [0.4, 0.5) is 5.69 Å². The third kappa shape index (κ3) is 3.36. The number of anilines is 1. The molecule has 4 rings (SSSR count). The smallest absolute Gasteiger partial charge is 0.307 e. The molecule has 3 nitrogen and oxygen atoms in total. The van der Waals surface area contributed by atoms with Gasteiger partial charge in [0, 0.05) is 27.1 Å². The van der Waals surface area contributed by atoms with E-state index in [2.05, 4.69) is 68.6 Å². The second-order valence-corrected chi connectivity index (χ2v) is 9.82. The second kappa shape index (κ2) is 7.54. The van der Waals surface area contributed by atoms with E-state index >= 15 is 0 Å². The molecule has 3 aromatic rings. The summed E-state index contributed by atoms with van der Waals surface area (Å²) in [5.74, 6) is -0.792. The first kappa shape index (κ1) is 20.0. The summed E-state index contributed by atoms with van der Waals surface area (Å²) < 4.78 is 2.32. The van der Waals surface area contributed by atoms with Crippen molar-refractivity contribution in [3.05, 3.63) is 62.3 Å². The zero-order valence-electron chi connectivity index (χ0n) is 17.4. The number of aliphatic carboxylic acids is 1. The van der Waals surface area contributed by atoms with Crippen molar-refractivity contribution < 1.29 is 9.90 Å². The molecule has 1 aliphatic heterocycles. The maximum Gasteiger partial charge on any atom is 0.307 e. The summed E-state index contributed by atoms with van der Waals surface area (Å²) in [5, 5.41) is 9.67. The molecule has 0 atom stereocenters. The third-order valence-corrected chi connectivity index (χ3v) is 7.51. The van der Waals surface area contributed by atoms with Crippen LogP contribution in [0.5, 0.6) is 0 Å². The van der Waals surface area contributed by atoms with Crippen molar-refractivity contribution in [3.8, 4) is 22.3 Å². The maximum absolute atomic E-state index is 11.8. The van der Waals surface area contributed by atoms with E-state index in [4.69, 9.17) is 0 Å². The van der Waals surface area contributed by atoms with Gasteiger partial charge in [-0.3, -0.25) is 4.79 Å². The lowest BCUT2D eigenvalue weighted by atomic mass is 9.82. The van der Waals surface area contributed by atoms with Gasteiger partial charge in [0.25, 0.3) is 0 Å². The molecule has 0 unspecified atom stereocenters. The number of carboxylic acids is 1. The number of carboxylic acid groups (broad SMARTS) is 1. The van der Waals surface area contributed by atoms with Gasteiger partial charge < -0.3 is 9.41 Å². The van der Waals surface area contributed by atoms with Crippen LogP contribution in [-0.4, -0.2) is 17.3 Å². The number of aryl methyl sites for hydroxylation is 2. The number of rotatable bonds is 4. The maximum atomic E-state index is 11.8. The normalized spacial score (nSPS) is 12.7. The average molecular weight is 424 g/mol. The second-order valence-electron chi connectivity index (χ2n) is 7.68. The van der Waals surface area contributed by atoms with Crippen molar-refractivity contribution in [2.24, 2.45) is 0 Å². The number of hydrogen-bond donors (Lipinski definition) is 1. The molecule has 0 radical (unpaired) electrons. The van der Waals surface area contributed by atoms with Crippen molar-refractivity contribution in [2.75, 3.05) is 10.6 Å². The van der Waals surface area contributed by atoms with Crippen LogP contribution >= 0.6 is 23.3 Å². The fraction of sp³-hybridized carbons (Fsp3) is 0.292. The fourth-order valence-corrected chi connectivity index (χ4v) is 6.21. The van der Waals surface area contributed by atoms with Crippen molar-refractivity contribution >= 4 is 34.9 Å². The Morgan fingerprint density at radius 3 is 2.41 bits per heavy atom. The Bertz CT molecular complexity index is 1110. The molecule has 1 aromatic heterocycles. The number of carbonyl (C=O) groups is 1. The SMILES string of the molecule is CSN1Cc2sc(C)cc2-c2c(C)c(-c3ccc(C)cc3)c(CC(=O)O)c(C)c21. The molecule has 2 heterocycles. The van der Waals surface area contributed by atoms with Crippen LogP contribution in [0.1, 0.15) is 32.0 Å². The van der Waals surface area contributed by atoms with E-state index in [9.17, 15) is 9.90 Å². The molecule has 1 N–H and O–H groups in total. The zero-order valence-corrected chi connectivity index (χ0v) is 19.1. The van der Waals surface area contributed by atoms with Gasteiger partial charge in [0.2, 0.25) is 0 Å². The summed E-state index contributed by atoms with van der Waals surface area (Å²) in [4.78, 5) is 14.5. The number of thiophene rings is 1. The van der Waals surface area contributed by atoms with Crippen molar-refractivity contribution in [3.63, 3.8) is 0 Å². The van der Waals surface area contributed by atoms with Gasteiger partial charge in [0.1, 0.15) is 0 Å². The first-order chi connectivity index (χ1) is 13.8. The highest BCUT2D eigenvalue weighted by Gasteiger charge is 2.31. The van der Waals surface area contributed by atoms with E-state index in [0.29, 0.717) is 0 Å². The van der Waals surface area contributed by atoms with Gasteiger partial charge in [-0.15, -0.1) is 11.3 Å². The van der Waals surface area contributed by atoms with Gasteiger partial charge in [-0.25, -0.2) is 0 Å². The van der Waals surface area contributed by atoms with Crippen LogP contribution in [0.25, 0.3) is 22.3 Å². The number of hydrogen-bond acceptors (Lipinski definition) is 4. The molecule has 29 heavy (non-hydrogen) atoms. The molecular weight excluding hydrogens is 398 g/mol. The Hall–Kier alpha value is -2.24. The quantitative estimate of drug-likeness (QED) is 0.484. The minimum absolute atomic E-state index is 0.0287. The lowest BCUT2D eigenvalue weighted by Crippen LogP contribution is -2.21. The summed E-state index contributed by atoms with van der Waals surface area (Å²) in [7, 11) is 0. The summed E-state index contributed by atoms with van der Waals surface area (Å²) in [6.07, 6.45) is 2.12. The molecule has 0 aliphatic carbocycles. The summed E-state index contributed by atoms with van der Waals surface area (Å²) in [6.45, 7) is 9.33. The highest BCUT2D eigenvalue weighted by Crippen LogP contribution is 2.51. The van der Waals surface area contributed by atoms with Crippen LogP contribution in [0.3, 0.4) is 0 Å². The van der Waals surface area contributed by atoms with Gasteiger partial charge in [0.15, 0.2) is 0 Å². The summed E-state index contributed by atoms with van der Waals surface area (Å²) >= 11 is 3.56. The van der Waals surface area contributed by atoms with Crippen LogP contribution in [0, 0.1) is 27.7 Å². The fourth-order valence-electron chi connectivity index (χ4n) is 4.43. The van der Waals surface area contributed by atoms with Crippen LogP contribution in [0.2, 0.25) is 0 Å². The van der Waals surface area contributed by atoms with Crippen molar-refractivity contribution in [1.29, 1.82) is 0 Å². The van der Waals surface area contributed by atoms with Gasteiger partial charge in [0.05, 0.1) is 18.7 Å². The molecule has 0 amide bonds. The molecule has 0 saturated carbocycles. The average Bonchev–Trinajstić information content (AvgIpc) is 3.05. The molecule has 2 aromatic carbocycles. The predicted octanol–water partition coefficient (Wildman–Crippen LogP) is 6.54. The molecule has 0 spiro atoms. The minimum Gasteiger partial charge on any atom is -0.481 e. The van der Waals surface area contributed by atoms with Crippen molar-refractivity contribution in [1.82, 2.24) is 0 Å². The molecule has 0 bridgehead atoms. The number of fused-ring (bicyclic) bond motifs is 3. The molecular formula is C24H25NO2S2. The number of nitrogens with zero attached hydrogens (tertiary/aromatic N) is 1. The van der Waals surface area contributed by atoms with Gasteiger partial charge in [-0.1, -0.05) is 41.8 Å². The number of benzene rings is 2. The van der Waals surface area contributed by atoms with Crippen molar-refractivity contribution in [2.45, 2.75) is 40.7 Å². The van der Waals surface area contributed by atoms with Crippen LogP contribution in [-0.2, 0) is 17.8 Å². The lowest BCUT2D eigenvalue weighted by Gasteiger charge is -2.34. The Morgan fingerprint density at radius 1 is 1.10 bits per heavy atom. The minimum atomic E-state index is -0.792. The van der Waals surface area contributed by atoms with Gasteiger partial charge in [-0.05, 0) is 61.6 Å². The van der Waals surface area contributed by atoms with Gasteiger partial charge >= 0.3 is 5.97 Å². The highest BCUT2D eigenvalue weighted by molar-refractivity contribution is 7.99. The van der Waals surface area contributed by atoms with Gasteiger partial charge in [-0.2, -0.15) is 0 Å². The summed E-state index contributed by atoms with van der Waals surface area (Å²) in [6, 6.07) is 10.7. The molecule has 1 aliphatic rings. The van der Waals surface area contributed by atoms with E-state index in [1.54, 1.807) is 11.9 Å². The Kier molecular flexibility index (Phi) is 5.21. The van der Waals surface area contributed by atoms with E-state index < -0.39 is 5.97 Å². The Labute approximate surface area is 180 Å². The van der Waals surface area contributed by atoms with E-state index in [0.717, 1.165) is 28.8 Å².